The van der Waals surface area contributed by atoms with E-state index in [2.05, 4.69) is 26.2 Å². The van der Waals surface area contributed by atoms with Crippen LogP contribution in [0.2, 0.25) is 0 Å². The number of benzene rings is 1. The summed E-state index contributed by atoms with van der Waals surface area (Å²) < 4.78 is 2.29. The minimum Gasteiger partial charge on any atom is -0.493 e. The van der Waals surface area contributed by atoms with E-state index in [0.29, 0.717) is 24.6 Å². The average molecular weight is 308 g/mol. The summed E-state index contributed by atoms with van der Waals surface area (Å²) in [5, 5.41) is 12.9. The number of nitrogens with one attached hydrogen (secondary N) is 1. The topological polar surface area (TPSA) is 67.1 Å². The molecule has 0 unspecified atom stereocenters. The van der Waals surface area contributed by atoms with Gasteiger partial charge in [-0.25, -0.2) is 0 Å². The lowest BCUT2D eigenvalue weighted by Gasteiger charge is -2.09. The Morgan fingerprint density at radius 2 is 2.17 bits per heavy atom. The summed E-state index contributed by atoms with van der Waals surface area (Å²) in [6.07, 6.45) is 0. The van der Waals surface area contributed by atoms with Gasteiger partial charge in [0.05, 0.1) is 0 Å². The van der Waals surface area contributed by atoms with Crippen molar-refractivity contribution in [2.45, 2.75) is 6.54 Å². The summed E-state index contributed by atoms with van der Waals surface area (Å²) >= 11 is 3.38. The van der Waals surface area contributed by atoms with Gasteiger partial charge in [0.2, 0.25) is 11.8 Å². The number of halogens is 1. The van der Waals surface area contributed by atoms with Gasteiger partial charge in [0.1, 0.15) is 5.56 Å². The van der Waals surface area contributed by atoms with Crippen molar-refractivity contribution in [3.05, 3.63) is 39.1 Å². The van der Waals surface area contributed by atoms with Crippen LogP contribution in [0.5, 0.6) is 5.88 Å². The molecule has 0 amide bonds. The van der Waals surface area contributed by atoms with Gasteiger partial charge in [0.25, 0.3) is 5.56 Å². The minimum atomic E-state index is -0.243. The lowest BCUT2D eigenvalue weighted by molar-refractivity contribution is 0.452. The Morgan fingerprint density at radius 3 is 2.94 bits per heavy atom. The molecule has 0 fully saturated rings. The van der Waals surface area contributed by atoms with Crippen molar-refractivity contribution in [3.63, 3.8) is 0 Å². The molecule has 0 saturated heterocycles. The van der Waals surface area contributed by atoms with Crippen LogP contribution in [-0.4, -0.2) is 21.2 Å². The normalized spacial score (nSPS) is 13.2. The molecule has 2 aromatic rings. The first-order chi connectivity index (χ1) is 8.68. The Balaban J connectivity index is 2.32. The van der Waals surface area contributed by atoms with Crippen LogP contribution in [-0.2, 0) is 6.54 Å². The van der Waals surface area contributed by atoms with Crippen LogP contribution in [0.15, 0.2) is 33.5 Å². The number of aromatic hydroxyl groups is 1. The van der Waals surface area contributed by atoms with Crippen molar-refractivity contribution in [1.29, 1.82) is 0 Å². The van der Waals surface area contributed by atoms with Crippen LogP contribution < -0.4 is 10.9 Å². The summed E-state index contributed by atoms with van der Waals surface area (Å²) in [7, 11) is 0. The predicted molar refractivity (Wildman–Crippen MR) is 71.8 cm³/mol. The fraction of sp³-hybridized carbons (Fsp3) is 0.167. The van der Waals surface area contributed by atoms with Crippen molar-refractivity contribution < 1.29 is 5.11 Å². The molecule has 0 spiro atoms. The Labute approximate surface area is 111 Å². The van der Waals surface area contributed by atoms with Gasteiger partial charge in [-0.05, 0) is 6.07 Å². The second-order valence-electron chi connectivity index (χ2n) is 4.00. The van der Waals surface area contributed by atoms with Crippen molar-refractivity contribution >= 4 is 21.9 Å². The van der Waals surface area contributed by atoms with Gasteiger partial charge in [-0.15, -0.1) is 0 Å². The highest BCUT2D eigenvalue weighted by molar-refractivity contribution is 9.10. The van der Waals surface area contributed by atoms with Crippen LogP contribution in [0.1, 0.15) is 0 Å². The largest absolute Gasteiger partial charge is 0.493 e. The molecule has 2 N–H and O–H groups in total. The van der Waals surface area contributed by atoms with E-state index in [0.717, 1.165) is 4.47 Å². The summed E-state index contributed by atoms with van der Waals surface area (Å²) in [5.74, 6) is 0.181. The van der Waals surface area contributed by atoms with Crippen LogP contribution in [0.4, 0.5) is 5.95 Å². The molecule has 6 heteroatoms. The third-order valence-electron chi connectivity index (χ3n) is 2.91. The Morgan fingerprint density at radius 1 is 1.39 bits per heavy atom. The lowest BCUT2D eigenvalue weighted by Crippen LogP contribution is -2.21. The van der Waals surface area contributed by atoms with E-state index in [1.54, 1.807) is 6.07 Å². The molecule has 3 rings (SSSR count). The number of rotatable bonds is 1. The standard InChI is InChI=1S/C12H10BrN3O2/c13-8-4-2-1-3-7(8)9-10(17)15-12-14-5-6-16(12)11(9)18/h1-4,17H,5-6H2,(H,14,15). The third kappa shape index (κ3) is 1.60. The molecule has 0 atom stereocenters. The predicted octanol–water partition coefficient (Wildman–Crippen LogP) is 1.80. The molecule has 5 nitrogen and oxygen atoms in total. The first-order valence-corrected chi connectivity index (χ1v) is 6.30. The number of anilines is 1. The van der Waals surface area contributed by atoms with E-state index in [1.807, 2.05) is 18.2 Å². The Kier molecular flexibility index (Phi) is 2.59. The summed E-state index contributed by atoms with van der Waals surface area (Å²) in [6.45, 7) is 1.22. The highest BCUT2D eigenvalue weighted by Crippen LogP contribution is 2.31. The SMILES string of the molecule is O=c1c(-c2ccccc2Br)c(O)nc2n1CCN2. The average Bonchev–Trinajstić information content (AvgIpc) is 2.79. The lowest BCUT2D eigenvalue weighted by atomic mass is 10.1. The van der Waals surface area contributed by atoms with Gasteiger partial charge in [0.15, 0.2) is 0 Å². The summed E-state index contributed by atoms with van der Waals surface area (Å²) in [6, 6.07) is 7.27. The molecule has 1 aromatic heterocycles. The molecule has 1 aliphatic rings. The Hall–Kier alpha value is -1.82. The smallest absolute Gasteiger partial charge is 0.266 e. The number of nitrogens with zero attached hydrogens (tertiary/aromatic N) is 2. The van der Waals surface area contributed by atoms with E-state index < -0.39 is 0 Å². The van der Waals surface area contributed by atoms with Crippen molar-refractivity contribution in [2.75, 3.05) is 11.9 Å². The Bertz CT molecular complexity index is 682. The number of aromatic nitrogens is 2. The van der Waals surface area contributed by atoms with Crippen molar-refractivity contribution in [1.82, 2.24) is 9.55 Å². The van der Waals surface area contributed by atoms with E-state index in [1.165, 1.54) is 4.57 Å². The fourth-order valence-corrected chi connectivity index (χ4v) is 2.55. The van der Waals surface area contributed by atoms with E-state index in [-0.39, 0.29) is 17.0 Å². The van der Waals surface area contributed by atoms with Crippen LogP contribution in [0.3, 0.4) is 0 Å². The van der Waals surface area contributed by atoms with Crippen LogP contribution in [0, 0.1) is 0 Å². The number of hydrogen-bond acceptors (Lipinski definition) is 4. The summed E-state index contributed by atoms with van der Waals surface area (Å²) in [4.78, 5) is 16.4. The third-order valence-corrected chi connectivity index (χ3v) is 3.60. The fourth-order valence-electron chi connectivity index (χ4n) is 2.06. The molecular weight excluding hydrogens is 298 g/mol. The zero-order valence-electron chi connectivity index (χ0n) is 9.35. The first kappa shape index (κ1) is 11.3. The maximum Gasteiger partial charge on any atom is 0.266 e. The maximum absolute atomic E-state index is 12.3. The summed E-state index contributed by atoms with van der Waals surface area (Å²) in [5.41, 5.74) is 0.652. The minimum absolute atomic E-state index is 0.227. The van der Waals surface area contributed by atoms with Gasteiger partial charge in [-0.3, -0.25) is 9.36 Å². The quantitative estimate of drug-likeness (QED) is 0.843. The van der Waals surface area contributed by atoms with Gasteiger partial charge in [-0.1, -0.05) is 34.1 Å². The highest BCUT2D eigenvalue weighted by Gasteiger charge is 2.21. The molecule has 0 saturated carbocycles. The number of fused-ring (bicyclic) bond motifs is 1. The number of hydrogen-bond donors (Lipinski definition) is 2. The van der Waals surface area contributed by atoms with Crippen molar-refractivity contribution in [2.24, 2.45) is 0 Å². The molecule has 0 aliphatic carbocycles. The molecule has 18 heavy (non-hydrogen) atoms. The molecule has 2 heterocycles. The van der Waals surface area contributed by atoms with E-state index in [4.69, 9.17) is 0 Å². The van der Waals surface area contributed by atoms with Gasteiger partial charge in [0, 0.05) is 23.1 Å². The second kappa shape index (κ2) is 4.13. The highest BCUT2D eigenvalue weighted by atomic mass is 79.9. The maximum atomic E-state index is 12.3. The van der Waals surface area contributed by atoms with Gasteiger partial charge < -0.3 is 10.4 Å². The zero-order chi connectivity index (χ0) is 12.7. The van der Waals surface area contributed by atoms with Gasteiger partial charge in [-0.2, -0.15) is 4.98 Å². The molecule has 1 aromatic carbocycles. The van der Waals surface area contributed by atoms with Crippen LogP contribution >= 0.6 is 15.9 Å². The monoisotopic (exact) mass is 307 g/mol. The molecule has 0 bridgehead atoms. The second-order valence-corrected chi connectivity index (χ2v) is 4.85. The first-order valence-electron chi connectivity index (χ1n) is 5.51. The van der Waals surface area contributed by atoms with E-state index >= 15 is 0 Å². The molecule has 92 valence electrons. The van der Waals surface area contributed by atoms with Crippen molar-refractivity contribution in [3.8, 4) is 17.0 Å². The van der Waals surface area contributed by atoms with Crippen LogP contribution in [0.25, 0.3) is 11.1 Å². The van der Waals surface area contributed by atoms with E-state index in [9.17, 15) is 9.90 Å². The molecule has 1 aliphatic heterocycles. The molecular formula is C12H10BrN3O2. The molecule has 0 radical (unpaired) electrons. The van der Waals surface area contributed by atoms with Gasteiger partial charge >= 0.3 is 0 Å². The zero-order valence-corrected chi connectivity index (χ0v) is 10.9.